The molecule has 0 aliphatic rings. The topological polar surface area (TPSA) is 123 Å². The first kappa shape index (κ1) is 17.1. The Balaban J connectivity index is 1.87. The molecule has 0 aliphatic carbocycles. The molecule has 0 bridgehead atoms. The zero-order valence-corrected chi connectivity index (χ0v) is 13.7. The molecule has 0 atom stereocenters. The first-order valence-electron chi connectivity index (χ1n) is 7.28. The summed E-state index contributed by atoms with van der Waals surface area (Å²) >= 11 is 0. The summed E-state index contributed by atoms with van der Waals surface area (Å²) in [4.78, 5) is 4.40. The second-order valence-corrected chi connectivity index (χ2v) is 6.52. The van der Waals surface area contributed by atoms with Crippen LogP contribution < -0.4 is 15.8 Å². The lowest BCUT2D eigenvalue weighted by atomic mass is 10.1. The summed E-state index contributed by atoms with van der Waals surface area (Å²) in [6.45, 7) is 3.50. The van der Waals surface area contributed by atoms with Crippen LogP contribution in [0.25, 0.3) is 0 Å². The van der Waals surface area contributed by atoms with Gasteiger partial charge in [0.25, 0.3) is 0 Å². The van der Waals surface area contributed by atoms with E-state index in [4.69, 9.17) is 5.14 Å². The van der Waals surface area contributed by atoms with E-state index in [-0.39, 0.29) is 4.90 Å². The Kier molecular flexibility index (Phi) is 5.83. The molecule has 0 saturated heterocycles. The molecule has 0 radical (unpaired) electrons. The lowest BCUT2D eigenvalue weighted by Gasteiger charge is -2.07. The molecule has 1 aromatic heterocycles. The smallest absolute Gasteiger partial charge is 0.244 e. The van der Waals surface area contributed by atoms with E-state index < -0.39 is 10.0 Å². The van der Waals surface area contributed by atoms with Crippen molar-refractivity contribution in [2.75, 3.05) is 23.7 Å². The van der Waals surface area contributed by atoms with Crippen molar-refractivity contribution in [3.63, 3.8) is 0 Å². The van der Waals surface area contributed by atoms with E-state index >= 15 is 0 Å². The van der Waals surface area contributed by atoms with Crippen molar-refractivity contribution in [2.24, 2.45) is 5.14 Å². The normalized spacial score (nSPS) is 11.2. The van der Waals surface area contributed by atoms with Gasteiger partial charge in [-0.3, -0.25) is 0 Å². The zero-order chi connectivity index (χ0) is 16.7. The number of rotatable bonds is 8. The molecule has 0 aliphatic heterocycles. The average Bonchev–Trinajstić information content (AvgIpc) is 2.53. The summed E-state index contributed by atoms with van der Waals surface area (Å²) in [5.74, 6) is 1.13. The van der Waals surface area contributed by atoms with Gasteiger partial charge in [-0.05, 0) is 30.5 Å². The Morgan fingerprint density at radius 1 is 1.13 bits per heavy atom. The number of sulfonamides is 1. The van der Waals surface area contributed by atoms with Crippen LogP contribution >= 0.6 is 0 Å². The molecule has 8 nitrogen and oxygen atoms in total. The van der Waals surface area contributed by atoms with Crippen LogP contribution in [0.1, 0.15) is 18.9 Å². The molecule has 1 heterocycles. The van der Waals surface area contributed by atoms with Gasteiger partial charge in [-0.1, -0.05) is 19.1 Å². The van der Waals surface area contributed by atoms with Crippen molar-refractivity contribution in [1.82, 2.24) is 15.2 Å². The van der Waals surface area contributed by atoms with Crippen LogP contribution in [0.3, 0.4) is 0 Å². The third kappa shape index (κ3) is 5.46. The molecule has 0 saturated carbocycles. The highest BCUT2D eigenvalue weighted by atomic mass is 32.2. The highest BCUT2D eigenvalue weighted by molar-refractivity contribution is 7.89. The largest absolute Gasteiger partial charge is 0.369 e. The molecule has 0 amide bonds. The first-order chi connectivity index (χ1) is 11.0. The molecule has 0 unspecified atom stereocenters. The Morgan fingerprint density at radius 3 is 2.52 bits per heavy atom. The van der Waals surface area contributed by atoms with Gasteiger partial charge in [0, 0.05) is 13.1 Å². The summed E-state index contributed by atoms with van der Waals surface area (Å²) in [5.41, 5.74) is 0.984. The van der Waals surface area contributed by atoms with Gasteiger partial charge in [-0.25, -0.2) is 13.6 Å². The van der Waals surface area contributed by atoms with E-state index in [0.717, 1.165) is 18.5 Å². The van der Waals surface area contributed by atoms with Crippen LogP contribution in [0.2, 0.25) is 0 Å². The number of aromatic nitrogens is 3. The maximum atomic E-state index is 11.2. The van der Waals surface area contributed by atoms with E-state index in [1.807, 2.05) is 0 Å². The Hall–Kier alpha value is -2.26. The highest BCUT2D eigenvalue weighted by Crippen LogP contribution is 2.09. The lowest BCUT2D eigenvalue weighted by Crippen LogP contribution is -2.12. The fourth-order valence-corrected chi connectivity index (χ4v) is 2.40. The number of hydrogen-bond acceptors (Lipinski definition) is 7. The van der Waals surface area contributed by atoms with E-state index in [1.54, 1.807) is 18.3 Å². The van der Waals surface area contributed by atoms with Gasteiger partial charge < -0.3 is 10.6 Å². The van der Waals surface area contributed by atoms with Crippen LogP contribution in [0, 0.1) is 0 Å². The third-order valence-corrected chi connectivity index (χ3v) is 3.99. The monoisotopic (exact) mass is 336 g/mol. The van der Waals surface area contributed by atoms with Crippen LogP contribution in [-0.4, -0.2) is 36.7 Å². The van der Waals surface area contributed by atoms with Gasteiger partial charge >= 0.3 is 0 Å². The standard InChI is InChI=1S/C14H20N6O2S/c1-2-8-16-13-10-18-20-14(19-13)17-9-7-11-3-5-12(6-4-11)23(15,21)22/h3-6,10H,2,7-9H2,1H3,(H2,15,21,22)(H2,16,17,19,20). The minimum atomic E-state index is -3.65. The second-order valence-electron chi connectivity index (χ2n) is 4.96. The van der Waals surface area contributed by atoms with Crippen LogP contribution in [0.5, 0.6) is 0 Å². The fraction of sp³-hybridized carbons (Fsp3) is 0.357. The maximum Gasteiger partial charge on any atom is 0.244 e. The molecule has 9 heteroatoms. The molecule has 124 valence electrons. The Morgan fingerprint density at radius 2 is 1.87 bits per heavy atom. The van der Waals surface area contributed by atoms with Crippen molar-refractivity contribution in [3.05, 3.63) is 36.0 Å². The molecule has 0 fully saturated rings. The number of benzene rings is 1. The Labute approximate surface area is 135 Å². The maximum absolute atomic E-state index is 11.2. The van der Waals surface area contributed by atoms with Crippen molar-refractivity contribution < 1.29 is 8.42 Å². The van der Waals surface area contributed by atoms with Crippen LogP contribution in [0.15, 0.2) is 35.4 Å². The number of hydrogen-bond donors (Lipinski definition) is 3. The number of anilines is 2. The SMILES string of the molecule is CCCNc1cnnc(NCCc2ccc(S(N)(=O)=O)cc2)n1. The predicted octanol–water partition coefficient (Wildman–Crippen LogP) is 0.996. The van der Waals surface area contributed by atoms with Crippen molar-refractivity contribution in [3.8, 4) is 0 Å². The van der Waals surface area contributed by atoms with E-state index in [2.05, 4.69) is 32.7 Å². The van der Waals surface area contributed by atoms with Gasteiger partial charge in [0.05, 0.1) is 11.1 Å². The Bertz CT molecular complexity index is 733. The van der Waals surface area contributed by atoms with E-state index in [9.17, 15) is 8.42 Å². The molecular weight excluding hydrogens is 316 g/mol. The van der Waals surface area contributed by atoms with Gasteiger partial charge in [-0.15, -0.1) is 5.10 Å². The summed E-state index contributed by atoms with van der Waals surface area (Å²) in [7, 11) is -3.65. The number of nitrogens with zero attached hydrogens (tertiary/aromatic N) is 3. The molecule has 1 aromatic carbocycles. The average molecular weight is 336 g/mol. The summed E-state index contributed by atoms with van der Waals surface area (Å²) in [6, 6.07) is 6.47. The summed E-state index contributed by atoms with van der Waals surface area (Å²) < 4.78 is 22.4. The highest BCUT2D eigenvalue weighted by Gasteiger charge is 2.06. The predicted molar refractivity (Wildman–Crippen MR) is 88.6 cm³/mol. The molecule has 0 spiro atoms. The number of primary sulfonamides is 1. The minimum Gasteiger partial charge on any atom is -0.369 e. The van der Waals surface area contributed by atoms with Gasteiger partial charge in [0.2, 0.25) is 16.0 Å². The lowest BCUT2D eigenvalue weighted by molar-refractivity contribution is 0.598. The van der Waals surface area contributed by atoms with E-state index in [0.29, 0.717) is 24.7 Å². The van der Waals surface area contributed by atoms with E-state index in [1.165, 1.54) is 12.1 Å². The molecule has 2 rings (SSSR count). The van der Waals surface area contributed by atoms with Gasteiger partial charge in [-0.2, -0.15) is 10.1 Å². The molecular formula is C14H20N6O2S. The fourth-order valence-electron chi connectivity index (χ4n) is 1.88. The summed E-state index contributed by atoms with van der Waals surface area (Å²) in [5, 5.41) is 19.1. The van der Waals surface area contributed by atoms with Crippen LogP contribution in [-0.2, 0) is 16.4 Å². The molecule has 2 aromatic rings. The number of nitrogens with two attached hydrogens (primary N) is 1. The van der Waals surface area contributed by atoms with Gasteiger partial charge in [0.15, 0.2) is 0 Å². The van der Waals surface area contributed by atoms with Gasteiger partial charge in [0.1, 0.15) is 5.82 Å². The minimum absolute atomic E-state index is 0.108. The summed E-state index contributed by atoms with van der Waals surface area (Å²) in [6.07, 6.45) is 3.27. The van der Waals surface area contributed by atoms with Crippen molar-refractivity contribution in [2.45, 2.75) is 24.7 Å². The second kappa shape index (κ2) is 7.84. The van der Waals surface area contributed by atoms with Crippen molar-refractivity contribution in [1.29, 1.82) is 0 Å². The van der Waals surface area contributed by atoms with Crippen molar-refractivity contribution >= 4 is 21.8 Å². The first-order valence-corrected chi connectivity index (χ1v) is 8.83. The quantitative estimate of drug-likeness (QED) is 0.657. The number of nitrogens with one attached hydrogen (secondary N) is 2. The third-order valence-electron chi connectivity index (χ3n) is 3.06. The van der Waals surface area contributed by atoms with Crippen LogP contribution in [0.4, 0.5) is 11.8 Å². The molecule has 4 N–H and O–H groups in total. The molecule has 23 heavy (non-hydrogen) atoms. The zero-order valence-electron chi connectivity index (χ0n) is 12.9.